The summed E-state index contributed by atoms with van der Waals surface area (Å²) in [6, 6.07) is 4.12. The van der Waals surface area contributed by atoms with Crippen LogP contribution in [0.1, 0.15) is 16.7 Å². The van der Waals surface area contributed by atoms with Crippen molar-refractivity contribution in [3.8, 4) is 5.75 Å². The van der Waals surface area contributed by atoms with Crippen molar-refractivity contribution in [3.63, 3.8) is 0 Å². The van der Waals surface area contributed by atoms with E-state index in [0.717, 1.165) is 30.0 Å². The summed E-state index contributed by atoms with van der Waals surface area (Å²) >= 11 is 0. The molecule has 21 heavy (non-hydrogen) atoms. The second-order valence-corrected chi connectivity index (χ2v) is 7.47. The summed E-state index contributed by atoms with van der Waals surface area (Å²) in [5.74, 6) is 0.811. The molecule has 0 spiro atoms. The summed E-state index contributed by atoms with van der Waals surface area (Å²) in [5, 5.41) is 3.29. The van der Waals surface area contributed by atoms with Crippen molar-refractivity contribution in [2.75, 3.05) is 38.9 Å². The van der Waals surface area contributed by atoms with Gasteiger partial charge in [-0.05, 0) is 30.5 Å². The summed E-state index contributed by atoms with van der Waals surface area (Å²) in [5.41, 5.74) is 3.22. The van der Waals surface area contributed by atoms with Gasteiger partial charge in [0.05, 0.1) is 12.4 Å². The summed E-state index contributed by atoms with van der Waals surface area (Å²) < 4.78 is 32.8. The van der Waals surface area contributed by atoms with E-state index in [0.29, 0.717) is 6.61 Å². The van der Waals surface area contributed by atoms with E-state index < -0.39 is 9.84 Å². The standard InChI is InChI=1S/C15H25NO4S/c1-12-9-14(11-16-5-6-19-3)10-13(2)15(12)20-7-8-21(4,17)18/h9-10,16H,5-8,11H2,1-4H3. The second-order valence-electron chi connectivity index (χ2n) is 5.21. The van der Waals surface area contributed by atoms with Crippen molar-refractivity contribution >= 4 is 9.84 Å². The van der Waals surface area contributed by atoms with Crippen LogP contribution in [0.4, 0.5) is 0 Å². The molecule has 0 aliphatic heterocycles. The summed E-state index contributed by atoms with van der Waals surface area (Å²) in [4.78, 5) is 0. The molecule has 120 valence electrons. The minimum Gasteiger partial charge on any atom is -0.492 e. The Morgan fingerprint density at radius 1 is 1.14 bits per heavy atom. The molecule has 0 amide bonds. The Bertz CT molecular complexity index is 532. The molecule has 0 bridgehead atoms. The zero-order valence-electron chi connectivity index (χ0n) is 13.2. The minimum absolute atomic E-state index is 0.0339. The molecule has 0 saturated heterocycles. The first kappa shape index (κ1) is 17.9. The Hall–Kier alpha value is -1.11. The lowest BCUT2D eigenvalue weighted by molar-refractivity contribution is 0.199. The van der Waals surface area contributed by atoms with Crippen LogP contribution in [0, 0.1) is 13.8 Å². The normalized spacial score (nSPS) is 11.6. The Kier molecular flexibility index (Phi) is 7.14. The van der Waals surface area contributed by atoms with Gasteiger partial charge in [0, 0.05) is 26.5 Å². The van der Waals surface area contributed by atoms with Crippen molar-refractivity contribution in [1.29, 1.82) is 0 Å². The van der Waals surface area contributed by atoms with Crippen molar-refractivity contribution in [1.82, 2.24) is 5.32 Å². The van der Waals surface area contributed by atoms with Crippen LogP contribution in [0.3, 0.4) is 0 Å². The largest absolute Gasteiger partial charge is 0.492 e. The highest BCUT2D eigenvalue weighted by Crippen LogP contribution is 2.24. The van der Waals surface area contributed by atoms with E-state index in [1.807, 2.05) is 13.8 Å². The first-order chi connectivity index (χ1) is 9.83. The maximum atomic E-state index is 11.1. The lowest BCUT2D eigenvalue weighted by Crippen LogP contribution is -2.18. The molecular formula is C15H25NO4S. The second kappa shape index (κ2) is 8.36. The molecule has 0 aliphatic carbocycles. The van der Waals surface area contributed by atoms with Crippen LogP contribution in [0.2, 0.25) is 0 Å². The van der Waals surface area contributed by atoms with E-state index in [4.69, 9.17) is 9.47 Å². The molecule has 5 nitrogen and oxygen atoms in total. The number of nitrogens with one attached hydrogen (secondary N) is 1. The van der Waals surface area contributed by atoms with E-state index in [2.05, 4.69) is 17.4 Å². The van der Waals surface area contributed by atoms with Gasteiger partial charge in [-0.25, -0.2) is 8.42 Å². The van der Waals surface area contributed by atoms with Crippen LogP contribution in [0.5, 0.6) is 5.75 Å². The number of hydrogen-bond acceptors (Lipinski definition) is 5. The highest BCUT2D eigenvalue weighted by atomic mass is 32.2. The van der Waals surface area contributed by atoms with Gasteiger partial charge in [0.1, 0.15) is 12.4 Å². The van der Waals surface area contributed by atoms with Gasteiger partial charge in [-0.1, -0.05) is 12.1 Å². The Morgan fingerprint density at radius 3 is 2.29 bits per heavy atom. The molecular weight excluding hydrogens is 290 g/mol. The predicted octanol–water partition coefficient (Wildman–Crippen LogP) is 1.46. The van der Waals surface area contributed by atoms with Gasteiger partial charge in [0.25, 0.3) is 0 Å². The maximum absolute atomic E-state index is 11.1. The number of rotatable bonds is 9. The lowest BCUT2D eigenvalue weighted by atomic mass is 10.1. The summed E-state index contributed by atoms with van der Waals surface area (Å²) in [7, 11) is -1.31. The predicted molar refractivity (Wildman–Crippen MR) is 84.7 cm³/mol. The van der Waals surface area contributed by atoms with Crippen LogP contribution >= 0.6 is 0 Å². The van der Waals surface area contributed by atoms with Crippen LogP contribution < -0.4 is 10.1 Å². The third-order valence-corrected chi connectivity index (χ3v) is 3.94. The molecule has 0 fully saturated rings. The van der Waals surface area contributed by atoms with Crippen LogP contribution in [-0.4, -0.2) is 47.3 Å². The van der Waals surface area contributed by atoms with E-state index in [1.54, 1.807) is 7.11 Å². The van der Waals surface area contributed by atoms with E-state index in [1.165, 1.54) is 11.8 Å². The maximum Gasteiger partial charge on any atom is 0.150 e. The molecule has 0 aliphatic rings. The molecule has 1 aromatic rings. The van der Waals surface area contributed by atoms with Gasteiger partial charge >= 0.3 is 0 Å². The first-order valence-electron chi connectivity index (χ1n) is 6.94. The average molecular weight is 315 g/mol. The third-order valence-electron chi connectivity index (χ3n) is 3.03. The topological polar surface area (TPSA) is 64.6 Å². The fourth-order valence-electron chi connectivity index (χ4n) is 2.07. The lowest BCUT2D eigenvalue weighted by Gasteiger charge is -2.14. The van der Waals surface area contributed by atoms with Gasteiger partial charge in [-0.2, -0.15) is 0 Å². The molecule has 1 rings (SSSR count). The van der Waals surface area contributed by atoms with Crippen molar-refractivity contribution in [2.45, 2.75) is 20.4 Å². The molecule has 6 heteroatoms. The van der Waals surface area contributed by atoms with Crippen molar-refractivity contribution < 1.29 is 17.9 Å². The van der Waals surface area contributed by atoms with Gasteiger partial charge in [-0.3, -0.25) is 0 Å². The highest BCUT2D eigenvalue weighted by Gasteiger charge is 2.08. The Labute approximate surface area is 127 Å². The average Bonchev–Trinajstić information content (AvgIpc) is 2.37. The summed E-state index contributed by atoms with van der Waals surface area (Å²) in [6.45, 7) is 6.40. The van der Waals surface area contributed by atoms with Gasteiger partial charge < -0.3 is 14.8 Å². The van der Waals surface area contributed by atoms with Gasteiger partial charge in [0.15, 0.2) is 9.84 Å². The van der Waals surface area contributed by atoms with Crippen LogP contribution in [0.25, 0.3) is 0 Å². The third kappa shape index (κ3) is 6.93. The first-order valence-corrected chi connectivity index (χ1v) is 9.00. The van der Waals surface area contributed by atoms with Crippen molar-refractivity contribution in [3.05, 3.63) is 28.8 Å². The quantitative estimate of drug-likeness (QED) is 0.699. The molecule has 0 radical (unpaired) electrons. The number of benzene rings is 1. The number of aryl methyl sites for hydroxylation is 2. The number of sulfone groups is 1. The Morgan fingerprint density at radius 2 is 1.76 bits per heavy atom. The van der Waals surface area contributed by atoms with Crippen LogP contribution in [-0.2, 0) is 21.1 Å². The molecule has 0 saturated carbocycles. The monoisotopic (exact) mass is 315 g/mol. The van der Waals surface area contributed by atoms with Crippen LogP contribution in [0.15, 0.2) is 12.1 Å². The summed E-state index contributed by atoms with van der Waals surface area (Å²) in [6.07, 6.45) is 1.21. The number of ether oxygens (including phenoxy) is 2. The highest BCUT2D eigenvalue weighted by molar-refractivity contribution is 7.90. The van der Waals surface area contributed by atoms with E-state index in [9.17, 15) is 8.42 Å². The zero-order chi connectivity index (χ0) is 15.9. The SMILES string of the molecule is COCCNCc1cc(C)c(OCCS(C)(=O)=O)c(C)c1. The number of hydrogen-bond donors (Lipinski definition) is 1. The van der Waals surface area contributed by atoms with Crippen molar-refractivity contribution in [2.24, 2.45) is 0 Å². The Balaban J connectivity index is 2.62. The smallest absolute Gasteiger partial charge is 0.150 e. The molecule has 0 unspecified atom stereocenters. The fraction of sp³-hybridized carbons (Fsp3) is 0.600. The molecule has 0 atom stereocenters. The molecule has 1 aromatic carbocycles. The van der Waals surface area contributed by atoms with Gasteiger partial charge in [-0.15, -0.1) is 0 Å². The molecule has 1 N–H and O–H groups in total. The minimum atomic E-state index is -2.99. The molecule has 0 heterocycles. The van der Waals surface area contributed by atoms with Gasteiger partial charge in [0.2, 0.25) is 0 Å². The zero-order valence-corrected chi connectivity index (χ0v) is 14.0. The molecule has 0 aromatic heterocycles. The number of methoxy groups -OCH3 is 1. The fourth-order valence-corrected chi connectivity index (χ4v) is 2.46. The van der Waals surface area contributed by atoms with E-state index >= 15 is 0 Å². The van der Waals surface area contributed by atoms with E-state index in [-0.39, 0.29) is 12.4 Å².